The van der Waals surface area contributed by atoms with Crippen molar-refractivity contribution in [3.05, 3.63) is 35.9 Å². The first-order valence-corrected chi connectivity index (χ1v) is 9.72. The maximum atomic E-state index is 13.1. The number of nitrogens with zero attached hydrogens (tertiary/aromatic N) is 1. The van der Waals surface area contributed by atoms with Crippen molar-refractivity contribution in [3.8, 4) is 0 Å². The number of hydrogen-bond acceptors (Lipinski definition) is 4. The number of hydrogen-bond donors (Lipinski definition) is 3. The van der Waals surface area contributed by atoms with Gasteiger partial charge in [-0.3, -0.25) is 14.4 Å². The van der Waals surface area contributed by atoms with E-state index >= 15 is 0 Å². The van der Waals surface area contributed by atoms with Gasteiger partial charge in [-0.25, -0.2) is 0 Å². The Morgan fingerprint density at radius 3 is 2.21 bits per heavy atom. The zero-order valence-electron chi connectivity index (χ0n) is 17.6. The summed E-state index contributed by atoms with van der Waals surface area (Å²) in [5.74, 6) is -1.14. The molecule has 0 heterocycles. The second kappa shape index (κ2) is 11.4. The fraction of sp³-hybridized carbons (Fsp3) is 0.571. The summed E-state index contributed by atoms with van der Waals surface area (Å²) in [5.41, 5.74) is 6.50. The minimum Gasteiger partial charge on any atom is -0.368 e. The van der Waals surface area contributed by atoms with Crippen molar-refractivity contribution < 1.29 is 14.4 Å². The van der Waals surface area contributed by atoms with E-state index in [4.69, 9.17) is 5.73 Å². The molecule has 156 valence electrons. The number of nitrogens with one attached hydrogen (secondary N) is 2. The van der Waals surface area contributed by atoms with Crippen molar-refractivity contribution in [3.63, 3.8) is 0 Å². The van der Waals surface area contributed by atoms with Gasteiger partial charge < -0.3 is 21.3 Å². The molecule has 4 N–H and O–H groups in total. The zero-order valence-corrected chi connectivity index (χ0v) is 17.6. The van der Waals surface area contributed by atoms with Crippen molar-refractivity contribution in [2.75, 3.05) is 20.6 Å². The van der Waals surface area contributed by atoms with Gasteiger partial charge in [0.25, 0.3) is 0 Å². The Morgan fingerprint density at radius 2 is 1.71 bits per heavy atom. The van der Waals surface area contributed by atoms with E-state index in [1.807, 2.05) is 44.2 Å². The highest BCUT2D eigenvalue weighted by Crippen LogP contribution is 2.13. The van der Waals surface area contributed by atoms with Crippen LogP contribution < -0.4 is 16.4 Å². The van der Waals surface area contributed by atoms with E-state index in [1.165, 1.54) is 4.90 Å². The Morgan fingerprint density at radius 1 is 1.11 bits per heavy atom. The number of carbonyl (C=O) groups is 3. The Labute approximate surface area is 168 Å². The minimum atomic E-state index is -0.781. The lowest BCUT2D eigenvalue weighted by atomic mass is 9.99. The van der Waals surface area contributed by atoms with Crippen LogP contribution in [-0.2, 0) is 20.8 Å². The number of benzene rings is 1. The number of likely N-dealkylation sites (N-methyl/N-ethyl adjacent to an activating group) is 1. The van der Waals surface area contributed by atoms with Crippen LogP contribution in [0.1, 0.15) is 32.8 Å². The highest BCUT2D eigenvalue weighted by Gasteiger charge is 2.32. The highest BCUT2D eigenvalue weighted by atomic mass is 16.2. The molecule has 0 unspecified atom stereocenters. The van der Waals surface area contributed by atoms with Crippen molar-refractivity contribution in [2.24, 2.45) is 17.6 Å². The first-order chi connectivity index (χ1) is 13.2. The molecule has 1 aromatic carbocycles. The second-order valence-corrected chi connectivity index (χ2v) is 7.71. The van der Waals surface area contributed by atoms with Crippen molar-refractivity contribution in [1.29, 1.82) is 0 Å². The van der Waals surface area contributed by atoms with Crippen LogP contribution in [-0.4, -0.2) is 55.3 Å². The van der Waals surface area contributed by atoms with E-state index in [9.17, 15) is 14.4 Å². The van der Waals surface area contributed by atoms with Gasteiger partial charge in [-0.15, -0.1) is 0 Å². The van der Waals surface area contributed by atoms with Crippen molar-refractivity contribution >= 4 is 17.7 Å². The van der Waals surface area contributed by atoms with E-state index in [0.717, 1.165) is 5.56 Å². The molecule has 0 radical (unpaired) electrons. The maximum Gasteiger partial charge on any atom is 0.245 e. The van der Waals surface area contributed by atoms with E-state index < -0.39 is 18.0 Å². The van der Waals surface area contributed by atoms with Crippen LogP contribution in [0.25, 0.3) is 0 Å². The van der Waals surface area contributed by atoms with E-state index in [2.05, 4.69) is 10.6 Å². The van der Waals surface area contributed by atoms with Gasteiger partial charge in [-0.1, -0.05) is 51.1 Å². The summed E-state index contributed by atoms with van der Waals surface area (Å²) in [6.45, 7) is 6.29. The summed E-state index contributed by atoms with van der Waals surface area (Å²) < 4.78 is 0. The third-order valence-electron chi connectivity index (χ3n) is 4.70. The summed E-state index contributed by atoms with van der Waals surface area (Å²) >= 11 is 0. The summed E-state index contributed by atoms with van der Waals surface area (Å²) in [7, 11) is 3.34. The van der Waals surface area contributed by atoms with Gasteiger partial charge in [0.05, 0.1) is 0 Å². The average molecular weight is 391 g/mol. The quantitative estimate of drug-likeness (QED) is 0.523. The average Bonchev–Trinajstić information content (AvgIpc) is 2.64. The SMILES string of the molecule is CNC[C@H](C)C(=O)N[C@@H](CC(C)C)C(=O)N(C)[C@@H](Cc1ccccc1)C(N)=O. The number of primary amides is 1. The summed E-state index contributed by atoms with van der Waals surface area (Å²) in [6.07, 6.45) is 0.814. The molecule has 3 amide bonds. The molecule has 7 heteroatoms. The van der Waals surface area contributed by atoms with Gasteiger partial charge in [0.15, 0.2) is 0 Å². The van der Waals surface area contributed by atoms with Crippen LogP contribution in [0.5, 0.6) is 0 Å². The Hall–Kier alpha value is -2.41. The number of carbonyl (C=O) groups excluding carboxylic acids is 3. The lowest BCUT2D eigenvalue weighted by Crippen LogP contribution is -2.55. The molecule has 0 fully saturated rings. The predicted octanol–water partition coefficient (Wildman–Crippen LogP) is 0.928. The van der Waals surface area contributed by atoms with E-state index in [0.29, 0.717) is 19.4 Å². The van der Waals surface area contributed by atoms with Crippen LogP contribution >= 0.6 is 0 Å². The van der Waals surface area contributed by atoms with Gasteiger partial charge in [0.2, 0.25) is 17.7 Å². The van der Waals surface area contributed by atoms with Gasteiger partial charge in [0.1, 0.15) is 12.1 Å². The number of amides is 3. The molecule has 0 spiro atoms. The molecule has 1 aromatic rings. The lowest BCUT2D eigenvalue weighted by molar-refractivity contribution is -0.141. The lowest BCUT2D eigenvalue weighted by Gasteiger charge is -2.31. The van der Waals surface area contributed by atoms with Crippen LogP contribution in [0.15, 0.2) is 30.3 Å². The van der Waals surface area contributed by atoms with Crippen LogP contribution in [0, 0.1) is 11.8 Å². The molecule has 7 nitrogen and oxygen atoms in total. The predicted molar refractivity (Wildman–Crippen MR) is 110 cm³/mol. The molecular formula is C21H34N4O3. The first-order valence-electron chi connectivity index (χ1n) is 9.72. The molecule has 0 aromatic heterocycles. The molecule has 1 rings (SSSR count). The molecule has 0 aliphatic rings. The van der Waals surface area contributed by atoms with Gasteiger partial charge in [-0.05, 0) is 24.9 Å². The van der Waals surface area contributed by atoms with Crippen molar-refractivity contribution in [2.45, 2.75) is 45.7 Å². The van der Waals surface area contributed by atoms with Crippen LogP contribution in [0.2, 0.25) is 0 Å². The fourth-order valence-electron chi connectivity index (χ4n) is 3.07. The summed E-state index contributed by atoms with van der Waals surface area (Å²) in [4.78, 5) is 39.0. The minimum absolute atomic E-state index is 0.194. The van der Waals surface area contributed by atoms with Crippen LogP contribution in [0.4, 0.5) is 0 Å². The standard InChI is InChI=1S/C21H34N4O3/c1-14(2)11-17(24-20(27)15(3)13-23-4)21(28)25(5)18(19(22)26)12-16-9-7-6-8-10-16/h6-10,14-15,17-18,23H,11-13H2,1-5H3,(H2,22,26)(H,24,27)/t15-,17-,18-/m0/s1. The first kappa shape index (κ1) is 23.6. The van der Waals surface area contributed by atoms with E-state index in [1.54, 1.807) is 21.0 Å². The smallest absolute Gasteiger partial charge is 0.245 e. The molecule has 0 saturated heterocycles. The van der Waals surface area contributed by atoms with E-state index in [-0.39, 0.29) is 23.7 Å². The second-order valence-electron chi connectivity index (χ2n) is 7.71. The normalized spacial score (nSPS) is 14.2. The maximum absolute atomic E-state index is 13.1. The molecule has 0 aliphatic carbocycles. The molecule has 0 aliphatic heterocycles. The Bertz CT molecular complexity index is 648. The third kappa shape index (κ3) is 7.31. The molecule has 28 heavy (non-hydrogen) atoms. The zero-order chi connectivity index (χ0) is 21.3. The monoisotopic (exact) mass is 390 g/mol. The van der Waals surface area contributed by atoms with Crippen molar-refractivity contribution in [1.82, 2.24) is 15.5 Å². The third-order valence-corrected chi connectivity index (χ3v) is 4.70. The summed E-state index contributed by atoms with van der Waals surface area (Å²) in [5, 5.41) is 5.81. The Kier molecular flexibility index (Phi) is 9.65. The Balaban J connectivity index is 2.96. The molecular weight excluding hydrogens is 356 g/mol. The van der Waals surface area contributed by atoms with Gasteiger partial charge in [0, 0.05) is 25.9 Å². The number of nitrogens with two attached hydrogens (primary N) is 1. The van der Waals surface area contributed by atoms with Gasteiger partial charge in [-0.2, -0.15) is 0 Å². The molecule has 3 atom stereocenters. The molecule has 0 saturated carbocycles. The molecule has 0 bridgehead atoms. The summed E-state index contributed by atoms with van der Waals surface area (Å²) in [6, 6.07) is 7.94. The number of rotatable bonds is 11. The fourth-order valence-corrected chi connectivity index (χ4v) is 3.07. The largest absolute Gasteiger partial charge is 0.368 e. The van der Waals surface area contributed by atoms with Crippen LogP contribution in [0.3, 0.4) is 0 Å². The highest BCUT2D eigenvalue weighted by molar-refractivity contribution is 5.92. The van der Waals surface area contributed by atoms with Gasteiger partial charge >= 0.3 is 0 Å². The topological polar surface area (TPSA) is 105 Å².